The minimum absolute atomic E-state index is 0.0143. The molecule has 5 heteroatoms. The number of aliphatic hydroxyl groups is 3. The first-order chi connectivity index (χ1) is 12.2. The minimum atomic E-state index is -1.64. The molecule has 4 rings (SSSR count). The van der Waals surface area contributed by atoms with E-state index in [1.807, 2.05) is 13.0 Å². The standard InChI is InChI=1S/C21H30O5/c1-19-7-5-13(23)9-12(19)3-4-14-15(19)6-8-20(2)18(14)16(24)10-21(20,26)17(25)11-22/h9,14-16,18,22,24,26H,3-8,10-11H2,1-2H3/t14-,15+,16?,18-,19+,20+,21+/m1/s1. The van der Waals surface area contributed by atoms with Gasteiger partial charge in [-0.1, -0.05) is 19.4 Å². The van der Waals surface area contributed by atoms with Crippen LogP contribution < -0.4 is 0 Å². The van der Waals surface area contributed by atoms with Crippen molar-refractivity contribution in [3.8, 4) is 0 Å². The van der Waals surface area contributed by atoms with Crippen LogP contribution in [0, 0.1) is 28.6 Å². The summed E-state index contributed by atoms with van der Waals surface area (Å²) in [6.07, 6.45) is 5.88. The van der Waals surface area contributed by atoms with Crippen LogP contribution in [0.3, 0.4) is 0 Å². The Morgan fingerprint density at radius 2 is 1.96 bits per heavy atom. The van der Waals surface area contributed by atoms with Crippen molar-refractivity contribution in [2.24, 2.45) is 28.6 Å². The largest absolute Gasteiger partial charge is 0.393 e. The number of ketones is 2. The molecule has 0 heterocycles. The van der Waals surface area contributed by atoms with Crippen LogP contribution in [0.1, 0.15) is 58.8 Å². The van der Waals surface area contributed by atoms with Crippen molar-refractivity contribution in [1.82, 2.24) is 0 Å². The van der Waals surface area contributed by atoms with Gasteiger partial charge in [0.25, 0.3) is 0 Å². The first-order valence-corrected chi connectivity index (χ1v) is 9.96. The number of carbonyl (C=O) groups excluding carboxylic acids is 2. The van der Waals surface area contributed by atoms with E-state index in [9.17, 15) is 24.9 Å². The van der Waals surface area contributed by atoms with Gasteiger partial charge in [0.2, 0.25) is 0 Å². The normalized spacial score (nSPS) is 50.5. The summed E-state index contributed by atoms with van der Waals surface area (Å²) in [4.78, 5) is 24.3. The smallest absolute Gasteiger partial charge is 0.190 e. The summed E-state index contributed by atoms with van der Waals surface area (Å²) in [7, 11) is 0. The van der Waals surface area contributed by atoms with E-state index in [-0.39, 0.29) is 29.5 Å². The molecule has 3 fully saturated rings. The summed E-state index contributed by atoms with van der Waals surface area (Å²) in [5.74, 6) is 0.124. The topological polar surface area (TPSA) is 94.8 Å². The molecule has 5 nitrogen and oxygen atoms in total. The van der Waals surface area contributed by atoms with Crippen molar-refractivity contribution in [3.05, 3.63) is 11.6 Å². The highest BCUT2D eigenvalue weighted by molar-refractivity contribution is 5.91. The van der Waals surface area contributed by atoms with Crippen molar-refractivity contribution >= 4 is 11.6 Å². The van der Waals surface area contributed by atoms with E-state index in [0.717, 1.165) is 25.7 Å². The van der Waals surface area contributed by atoms with Gasteiger partial charge in [-0.2, -0.15) is 0 Å². The zero-order valence-electron chi connectivity index (χ0n) is 15.7. The van der Waals surface area contributed by atoms with E-state index in [1.165, 1.54) is 5.57 Å². The summed E-state index contributed by atoms with van der Waals surface area (Å²) < 4.78 is 0. The van der Waals surface area contributed by atoms with Gasteiger partial charge in [0.1, 0.15) is 12.2 Å². The van der Waals surface area contributed by atoms with Crippen LogP contribution in [0.4, 0.5) is 0 Å². The van der Waals surface area contributed by atoms with Crippen LogP contribution in [0.5, 0.6) is 0 Å². The highest BCUT2D eigenvalue weighted by Gasteiger charge is 2.69. The first-order valence-electron chi connectivity index (χ1n) is 9.96. The third-order valence-electron chi connectivity index (χ3n) is 8.68. The summed E-state index contributed by atoms with van der Waals surface area (Å²) in [6.45, 7) is 3.50. The SMILES string of the molecule is C[C@]12CCC(=O)C=C1CC[C@@H]1[C@@H]2CC[C@@]2(C)[C@H]1C(O)C[C@]2(O)C(=O)CO. The van der Waals surface area contributed by atoms with E-state index in [4.69, 9.17) is 0 Å². The number of hydrogen-bond acceptors (Lipinski definition) is 5. The Bertz CT molecular complexity index is 684. The maximum Gasteiger partial charge on any atom is 0.190 e. The molecule has 0 aromatic rings. The Morgan fingerprint density at radius 1 is 1.23 bits per heavy atom. The maximum absolute atomic E-state index is 12.4. The molecule has 7 atom stereocenters. The Balaban J connectivity index is 1.72. The number of fused-ring (bicyclic) bond motifs is 5. The van der Waals surface area contributed by atoms with Gasteiger partial charge >= 0.3 is 0 Å². The summed E-state index contributed by atoms with van der Waals surface area (Å²) in [5.41, 5.74) is -1.10. The van der Waals surface area contributed by atoms with Crippen LogP contribution >= 0.6 is 0 Å². The van der Waals surface area contributed by atoms with Crippen molar-refractivity contribution < 1.29 is 24.9 Å². The van der Waals surface area contributed by atoms with E-state index in [1.54, 1.807) is 0 Å². The fourth-order valence-corrected chi connectivity index (χ4v) is 7.23. The molecule has 0 aromatic heterocycles. The third-order valence-corrected chi connectivity index (χ3v) is 8.68. The van der Waals surface area contributed by atoms with Crippen LogP contribution in [0.2, 0.25) is 0 Å². The number of hydrogen-bond donors (Lipinski definition) is 3. The molecule has 4 aliphatic rings. The van der Waals surface area contributed by atoms with E-state index in [2.05, 4.69) is 6.92 Å². The van der Waals surface area contributed by atoms with Gasteiger partial charge in [-0.15, -0.1) is 0 Å². The summed E-state index contributed by atoms with van der Waals surface area (Å²) in [6, 6.07) is 0. The predicted molar refractivity (Wildman–Crippen MR) is 95.1 cm³/mol. The van der Waals surface area contributed by atoms with Crippen molar-refractivity contribution in [3.63, 3.8) is 0 Å². The highest BCUT2D eigenvalue weighted by Crippen LogP contribution is 2.67. The van der Waals surface area contributed by atoms with E-state index >= 15 is 0 Å². The maximum atomic E-state index is 12.4. The van der Waals surface area contributed by atoms with Gasteiger partial charge in [-0.25, -0.2) is 0 Å². The zero-order valence-corrected chi connectivity index (χ0v) is 15.7. The zero-order chi connectivity index (χ0) is 18.9. The molecule has 3 saturated carbocycles. The molecule has 0 aliphatic heterocycles. The Hall–Kier alpha value is -1.04. The molecule has 0 saturated heterocycles. The molecule has 0 radical (unpaired) electrons. The second kappa shape index (κ2) is 5.73. The molecule has 0 amide bonds. The monoisotopic (exact) mass is 362 g/mol. The van der Waals surface area contributed by atoms with Crippen molar-refractivity contribution in [1.29, 1.82) is 0 Å². The van der Waals surface area contributed by atoms with Crippen LogP contribution in [0.25, 0.3) is 0 Å². The van der Waals surface area contributed by atoms with Crippen LogP contribution in [0.15, 0.2) is 11.6 Å². The molecule has 4 aliphatic carbocycles. The molecule has 0 aromatic carbocycles. The lowest BCUT2D eigenvalue weighted by molar-refractivity contribution is -0.165. The lowest BCUT2D eigenvalue weighted by atomic mass is 9.46. The lowest BCUT2D eigenvalue weighted by Gasteiger charge is -2.59. The van der Waals surface area contributed by atoms with E-state index < -0.39 is 29.5 Å². The predicted octanol–water partition coefficient (Wildman–Crippen LogP) is 1.78. The van der Waals surface area contributed by atoms with Gasteiger partial charge in [0, 0.05) is 18.3 Å². The number of carbonyl (C=O) groups is 2. The number of allylic oxidation sites excluding steroid dienone is 1. The second-order valence-corrected chi connectivity index (χ2v) is 9.56. The Kier molecular flexibility index (Phi) is 4.04. The molecule has 0 spiro atoms. The Labute approximate surface area is 154 Å². The van der Waals surface area contributed by atoms with Gasteiger partial charge < -0.3 is 15.3 Å². The highest BCUT2D eigenvalue weighted by atomic mass is 16.3. The fraction of sp³-hybridized carbons (Fsp3) is 0.810. The molecule has 0 bridgehead atoms. The number of rotatable bonds is 2. The molecular formula is C21H30O5. The average molecular weight is 362 g/mol. The third kappa shape index (κ3) is 2.14. The number of Topliss-reactive ketones (excluding diaryl/α,β-unsaturated/α-hetero) is 1. The van der Waals surface area contributed by atoms with Gasteiger partial charge in [0.15, 0.2) is 11.6 Å². The Morgan fingerprint density at radius 3 is 2.65 bits per heavy atom. The van der Waals surface area contributed by atoms with Crippen molar-refractivity contribution in [2.45, 2.75) is 70.5 Å². The fourth-order valence-electron chi connectivity index (χ4n) is 7.23. The van der Waals surface area contributed by atoms with Gasteiger partial charge in [0.05, 0.1) is 6.10 Å². The molecule has 1 unspecified atom stereocenters. The van der Waals surface area contributed by atoms with E-state index in [0.29, 0.717) is 18.8 Å². The molecule has 26 heavy (non-hydrogen) atoms. The second-order valence-electron chi connectivity index (χ2n) is 9.56. The van der Waals surface area contributed by atoms with Gasteiger partial charge in [-0.05, 0) is 61.3 Å². The number of aliphatic hydroxyl groups excluding tert-OH is 2. The molecule has 3 N–H and O–H groups in total. The summed E-state index contributed by atoms with van der Waals surface area (Å²) >= 11 is 0. The van der Waals surface area contributed by atoms with Gasteiger partial charge in [-0.3, -0.25) is 9.59 Å². The van der Waals surface area contributed by atoms with Crippen LogP contribution in [-0.4, -0.2) is 45.2 Å². The average Bonchev–Trinajstić information content (AvgIpc) is 2.81. The lowest BCUT2D eigenvalue weighted by Crippen LogP contribution is -2.58. The van der Waals surface area contributed by atoms with Crippen molar-refractivity contribution in [2.75, 3.05) is 6.61 Å². The van der Waals surface area contributed by atoms with Crippen LogP contribution in [-0.2, 0) is 9.59 Å². The molecular weight excluding hydrogens is 332 g/mol. The first kappa shape index (κ1) is 18.3. The molecule has 144 valence electrons. The summed E-state index contributed by atoms with van der Waals surface area (Å²) in [5, 5.41) is 31.4. The quantitative estimate of drug-likeness (QED) is 0.696. The minimum Gasteiger partial charge on any atom is -0.393 e.